The van der Waals surface area contributed by atoms with Crippen LogP contribution in [0.4, 0.5) is 141 Å². The molecule has 0 unspecified atom stereocenters. The lowest BCUT2D eigenvalue weighted by Crippen LogP contribution is -2.74. The van der Waals surface area contributed by atoms with E-state index in [2.05, 4.69) is 0 Å². The first-order chi connectivity index (χ1) is 25.7. The average molecular weight is 968 g/mol. The van der Waals surface area contributed by atoms with Crippen molar-refractivity contribution >= 4 is 12.2 Å². The Labute approximate surface area is 309 Å². The van der Waals surface area contributed by atoms with Gasteiger partial charge in [0.15, 0.2) is 0 Å². The van der Waals surface area contributed by atoms with Crippen LogP contribution in [0.1, 0.15) is 38.5 Å². The first-order valence-corrected chi connectivity index (χ1v) is 14.4. The molecule has 0 heterocycles. The van der Waals surface area contributed by atoms with Gasteiger partial charge < -0.3 is 20.8 Å². The van der Waals surface area contributed by atoms with E-state index >= 15 is 0 Å². The lowest BCUT2D eigenvalue weighted by molar-refractivity contribution is -0.454. The first-order valence-electron chi connectivity index (χ1n) is 14.4. The Morgan fingerprint density at radius 2 is 0.617 bits per heavy atom. The summed E-state index contributed by atoms with van der Waals surface area (Å²) in [5.41, 5.74) is -5.40. The zero-order valence-corrected chi connectivity index (χ0v) is 27.5. The number of halogens is 30. The topological polar surface area (TPSA) is 98.7 Å². The molecular weight excluding hydrogens is 950 g/mol. The van der Waals surface area contributed by atoms with Crippen LogP contribution in [0.25, 0.3) is 0 Å². The minimum Gasteiger partial charge on any atom is -0.465 e. The lowest BCUT2D eigenvalue weighted by atomic mass is 9.76. The number of hydrogen-bond donors (Lipinski definition) is 4. The van der Waals surface area contributed by atoms with Crippen molar-refractivity contribution in [1.82, 2.24) is 10.6 Å². The summed E-state index contributed by atoms with van der Waals surface area (Å²) < 4.78 is 412. The van der Waals surface area contributed by atoms with E-state index in [1.165, 1.54) is 5.32 Å². The van der Waals surface area contributed by atoms with Crippen molar-refractivity contribution < 1.29 is 152 Å². The van der Waals surface area contributed by atoms with E-state index < -0.39 is 146 Å². The second-order valence-corrected chi connectivity index (χ2v) is 12.3. The van der Waals surface area contributed by atoms with Gasteiger partial charge in [-0.15, -0.1) is 0 Å². The second-order valence-electron chi connectivity index (χ2n) is 12.3. The first kappa shape index (κ1) is 56.4. The Kier molecular flexibility index (Phi) is 15.0. The SMILES string of the molecule is O=C(O)NCCCCCC(CC(F)(F)C(F)(F)C(F)(F)C(F)(F)C(F)(F)C(F)(F)C(F)(F)F)(CC(F)(F)C(F)(F)C(F)(F)C(F)(F)C(F)(F)C(F)(F)C(F)(F)F)NC(=O)O. The van der Waals surface area contributed by atoms with Crippen molar-refractivity contribution in [2.24, 2.45) is 0 Å². The highest BCUT2D eigenvalue weighted by Gasteiger charge is 2.95. The Bertz CT molecular complexity index is 1430. The molecule has 0 saturated heterocycles. The molecule has 0 bridgehead atoms. The summed E-state index contributed by atoms with van der Waals surface area (Å²) in [4.78, 5) is 21.8. The lowest BCUT2D eigenvalue weighted by Gasteiger charge is -2.46. The summed E-state index contributed by atoms with van der Waals surface area (Å²) >= 11 is 0. The van der Waals surface area contributed by atoms with E-state index in [-0.39, 0.29) is 5.32 Å². The molecule has 0 aliphatic heterocycles. The molecule has 0 fully saturated rings. The number of nitrogens with one attached hydrogen (secondary N) is 2. The molecule has 0 rings (SSSR count). The van der Waals surface area contributed by atoms with E-state index in [1.807, 2.05) is 0 Å². The number of carbonyl (C=O) groups is 2. The summed E-state index contributed by atoms with van der Waals surface area (Å²) in [5, 5.41) is 18.7. The van der Waals surface area contributed by atoms with Crippen LogP contribution in [0.3, 0.4) is 0 Å². The third-order valence-electron chi connectivity index (χ3n) is 7.89. The predicted octanol–water partition coefficient (Wildman–Crippen LogP) is 11.3. The maximum Gasteiger partial charge on any atom is 0.460 e. The highest BCUT2D eigenvalue weighted by molar-refractivity contribution is 5.65. The molecule has 2 amide bonds. The zero-order valence-electron chi connectivity index (χ0n) is 27.5. The molecule has 0 aromatic carbocycles. The Balaban J connectivity index is 7.94. The summed E-state index contributed by atoms with van der Waals surface area (Å²) in [7, 11) is 0. The van der Waals surface area contributed by atoms with Crippen LogP contribution in [0.15, 0.2) is 0 Å². The van der Waals surface area contributed by atoms with Gasteiger partial charge in [-0.3, -0.25) is 0 Å². The largest absolute Gasteiger partial charge is 0.465 e. The van der Waals surface area contributed by atoms with Gasteiger partial charge in [0.1, 0.15) is 0 Å². The monoisotopic (exact) mass is 968 g/mol. The van der Waals surface area contributed by atoms with Crippen LogP contribution < -0.4 is 10.6 Å². The molecule has 0 saturated carbocycles. The van der Waals surface area contributed by atoms with Crippen molar-refractivity contribution in [2.75, 3.05) is 6.54 Å². The molecule has 60 heavy (non-hydrogen) atoms. The van der Waals surface area contributed by atoms with E-state index in [4.69, 9.17) is 10.2 Å². The number of carboxylic acid groups (broad SMARTS) is 2. The van der Waals surface area contributed by atoms with E-state index in [1.54, 1.807) is 0 Å². The fraction of sp³-hybridized carbons (Fsp3) is 0.917. The third kappa shape index (κ3) is 9.00. The zero-order chi connectivity index (χ0) is 49.0. The van der Waals surface area contributed by atoms with Crippen molar-refractivity contribution in [1.29, 1.82) is 0 Å². The van der Waals surface area contributed by atoms with Crippen LogP contribution in [0.5, 0.6) is 0 Å². The van der Waals surface area contributed by atoms with Gasteiger partial charge in [0.05, 0.1) is 5.54 Å². The van der Waals surface area contributed by atoms with E-state index in [0.717, 1.165) is 0 Å². The van der Waals surface area contributed by atoms with Gasteiger partial charge in [0.2, 0.25) is 0 Å². The number of amides is 2. The molecule has 6 nitrogen and oxygen atoms in total. The summed E-state index contributed by atoms with van der Waals surface area (Å²) in [6, 6.07) is 0. The Morgan fingerprint density at radius 1 is 0.350 bits per heavy atom. The van der Waals surface area contributed by atoms with Gasteiger partial charge in [-0.25, -0.2) is 9.59 Å². The minimum absolute atomic E-state index is 0.0303. The molecule has 0 aromatic rings. The van der Waals surface area contributed by atoms with E-state index in [9.17, 15) is 141 Å². The predicted molar refractivity (Wildman–Crippen MR) is 129 cm³/mol. The quantitative estimate of drug-likeness (QED) is 0.0680. The standard InChI is InChI=1S/C24H18F30N2O4/c25-11(26,13(29,30)15(33,34)17(37,38)19(41,42)21(45,46)23(49,50)51)6-10(56-9(59)60,4-2-1-3-5-55-8(57)58)7-12(27,28)14(31,32)16(35,36)18(39,40)20(43,44)22(47,48)24(52,53)54/h55-56H,1-7H2,(H,57,58)(H,59,60). The number of alkyl halides is 30. The van der Waals surface area contributed by atoms with E-state index in [0.29, 0.717) is 0 Å². The molecular formula is C24H18F30N2O4. The maximum atomic E-state index is 15.0. The molecule has 0 aromatic heterocycles. The van der Waals surface area contributed by atoms with Crippen LogP contribution in [-0.2, 0) is 0 Å². The molecule has 4 N–H and O–H groups in total. The summed E-state index contributed by atoms with van der Waals surface area (Å²) in [5.74, 6) is -106. The van der Waals surface area contributed by atoms with Crippen molar-refractivity contribution in [3.63, 3.8) is 0 Å². The van der Waals surface area contributed by atoms with Gasteiger partial charge in [-0.05, 0) is 12.8 Å². The molecule has 0 atom stereocenters. The molecule has 0 aliphatic rings. The molecule has 0 spiro atoms. The summed E-state index contributed by atoms with van der Waals surface area (Å²) in [6.45, 7) is -0.937. The third-order valence-corrected chi connectivity index (χ3v) is 7.89. The number of rotatable bonds is 21. The van der Waals surface area contributed by atoms with Gasteiger partial charge in [-0.2, -0.15) is 132 Å². The molecule has 358 valence electrons. The van der Waals surface area contributed by atoms with Crippen LogP contribution in [0.2, 0.25) is 0 Å². The van der Waals surface area contributed by atoms with Crippen LogP contribution in [-0.4, -0.2) is 118 Å². The van der Waals surface area contributed by atoms with Gasteiger partial charge in [0.25, 0.3) is 0 Å². The van der Waals surface area contributed by atoms with Crippen LogP contribution >= 0.6 is 0 Å². The van der Waals surface area contributed by atoms with Crippen molar-refractivity contribution in [2.45, 2.75) is 127 Å². The Hall–Kier alpha value is -3.56. The van der Waals surface area contributed by atoms with Crippen molar-refractivity contribution in [3.05, 3.63) is 0 Å². The smallest absolute Gasteiger partial charge is 0.460 e. The molecule has 36 heteroatoms. The molecule has 0 aliphatic carbocycles. The fourth-order valence-corrected chi connectivity index (χ4v) is 4.65. The van der Waals surface area contributed by atoms with Crippen LogP contribution in [0, 0.1) is 0 Å². The highest BCUT2D eigenvalue weighted by Crippen LogP contribution is 2.66. The van der Waals surface area contributed by atoms with Crippen molar-refractivity contribution in [3.8, 4) is 0 Å². The number of hydrogen-bond acceptors (Lipinski definition) is 2. The highest BCUT2D eigenvalue weighted by atomic mass is 19.4. The second kappa shape index (κ2) is 16.0. The maximum absolute atomic E-state index is 15.0. The normalized spacial score (nSPS) is 15.9. The van der Waals surface area contributed by atoms with Gasteiger partial charge in [-0.1, -0.05) is 12.8 Å². The minimum atomic E-state index is -9.17. The Morgan fingerprint density at radius 3 is 0.867 bits per heavy atom. The summed E-state index contributed by atoms with van der Waals surface area (Å²) in [6.07, 6.45) is -37.3. The number of unbranched alkanes of at least 4 members (excludes halogenated alkanes) is 2. The van der Waals surface area contributed by atoms with Gasteiger partial charge >= 0.3 is 95.6 Å². The molecule has 0 radical (unpaired) electrons. The van der Waals surface area contributed by atoms with Gasteiger partial charge in [0, 0.05) is 19.4 Å². The average Bonchev–Trinajstić information content (AvgIpc) is 2.99. The fourth-order valence-electron chi connectivity index (χ4n) is 4.65.